The van der Waals surface area contributed by atoms with Crippen LogP contribution >= 0.6 is 11.6 Å². The van der Waals surface area contributed by atoms with Crippen molar-refractivity contribution in [3.8, 4) is 0 Å². The van der Waals surface area contributed by atoms with Gasteiger partial charge in [-0.2, -0.15) is 0 Å². The molecule has 6 nitrogen and oxygen atoms in total. The second kappa shape index (κ2) is 7.76. The molecule has 0 saturated carbocycles. The van der Waals surface area contributed by atoms with Gasteiger partial charge in [0.25, 0.3) is 5.91 Å². The molecule has 1 aromatic heterocycles. The van der Waals surface area contributed by atoms with Crippen LogP contribution in [0.25, 0.3) is 0 Å². The lowest BCUT2D eigenvalue weighted by Crippen LogP contribution is -2.48. The molecule has 1 aliphatic heterocycles. The number of carbonyl (C=O) groups excluding carboxylic acids is 1. The summed E-state index contributed by atoms with van der Waals surface area (Å²) in [5, 5.41) is 2.94. The molecule has 0 aliphatic carbocycles. The normalized spacial score (nSPS) is 15.2. The van der Waals surface area contributed by atoms with Crippen LogP contribution in [0.15, 0.2) is 30.6 Å². The molecule has 0 bridgehead atoms. The van der Waals surface area contributed by atoms with Crippen molar-refractivity contribution in [1.82, 2.24) is 19.8 Å². The number of nitrogens with zero attached hydrogens (tertiary/aromatic N) is 4. The Balaban J connectivity index is 1.63. The van der Waals surface area contributed by atoms with Crippen LogP contribution in [0.5, 0.6) is 0 Å². The quantitative estimate of drug-likeness (QED) is 0.905. The molecular formula is C17H19ClFN5O. The van der Waals surface area contributed by atoms with E-state index in [1.807, 2.05) is 4.90 Å². The smallest absolute Gasteiger partial charge is 0.257 e. The van der Waals surface area contributed by atoms with Crippen molar-refractivity contribution in [2.45, 2.75) is 6.92 Å². The van der Waals surface area contributed by atoms with Crippen molar-refractivity contribution in [2.75, 3.05) is 38.0 Å². The van der Waals surface area contributed by atoms with Crippen LogP contribution in [0.3, 0.4) is 0 Å². The van der Waals surface area contributed by atoms with E-state index in [2.05, 4.69) is 27.1 Å². The molecule has 0 atom stereocenters. The molecule has 1 aromatic carbocycles. The van der Waals surface area contributed by atoms with Gasteiger partial charge in [-0.05, 0) is 24.7 Å². The molecule has 3 rings (SSSR count). The summed E-state index contributed by atoms with van der Waals surface area (Å²) >= 11 is 5.74. The van der Waals surface area contributed by atoms with Crippen molar-refractivity contribution in [1.29, 1.82) is 0 Å². The number of amides is 1. The zero-order chi connectivity index (χ0) is 17.8. The van der Waals surface area contributed by atoms with Crippen molar-refractivity contribution in [2.24, 2.45) is 0 Å². The number of benzene rings is 1. The highest BCUT2D eigenvalue weighted by Crippen LogP contribution is 2.21. The summed E-state index contributed by atoms with van der Waals surface area (Å²) in [6, 6.07) is 4.25. The number of nitrogens with one attached hydrogen (secondary N) is 1. The molecule has 0 unspecified atom stereocenters. The molecule has 132 valence electrons. The van der Waals surface area contributed by atoms with Crippen LogP contribution in [0, 0.1) is 5.82 Å². The van der Waals surface area contributed by atoms with E-state index in [0.29, 0.717) is 30.3 Å². The second-order valence-corrected chi connectivity index (χ2v) is 6.18. The number of halogens is 2. The van der Waals surface area contributed by atoms with Crippen LogP contribution in [-0.4, -0.2) is 58.4 Å². The maximum Gasteiger partial charge on any atom is 0.257 e. The van der Waals surface area contributed by atoms with E-state index in [1.54, 1.807) is 0 Å². The molecule has 2 heterocycles. The summed E-state index contributed by atoms with van der Waals surface area (Å²) in [6.45, 7) is 6.30. The predicted molar refractivity (Wildman–Crippen MR) is 94.7 cm³/mol. The fourth-order valence-corrected chi connectivity index (χ4v) is 2.84. The second-order valence-electron chi connectivity index (χ2n) is 5.78. The predicted octanol–water partition coefficient (Wildman–Crippen LogP) is 2.79. The standard InChI is InChI=1S/C17H19ClFN5O/c1-2-23-5-7-24(8-6-23)16(25)12-10-20-17(21-11-12)22-13-3-4-15(19)14(18)9-13/h3-4,9-11H,2,5-8H2,1H3,(H,20,21,22). The third-order valence-electron chi connectivity index (χ3n) is 4.18. The van der Waals surface area contributed by atoms with Gasteiger partial charge in [0.05, 0.1) is 10.6 Å². The van der Waals surface area contributed by atoms with Gasteiger partial charge in [-0.3, -0.25) is 4.79 Å². The maximum absolute atomic E-state index is 13.2. The van der Waals surface area contributed by atoms with Crippen molar-refractivity contribution >= 4 is 29.1 Å². The molecule has 1 N–H and O–H groups in total. The molecule has 0 radical (unpaired) electrons. The number of anilines is 2. The monoisotopic (exact) mass is 363 g/mol. The molecule has 2 aromatic rings. The minimum absolute atomic E-state index is 0.0167. The number of carbonyl (C=O) groups is 1. The largest absolute Gasteiger partial charge is 0.336 e. The van der Waals surface area contributed by atoms with Crippen molar-refractivity contribution < 1.29 is 9.18 Å². The Hall–Kier alpha value is -2.25. The lowest BCUT2D eigenvalue weighted by Gasteiger charge is -2.33. The molecule has 1 amide bonds. The highest BCUT2D eigenvalue weighted by atomic mass is 35.5. The Bertz CT molecular complexity index is 747. The van der Waals surface area contributed by atoms with Crippen molar-refractivity contribution in [3.05, 3.63) is 47.0 Å². The average molecular weight is 364 g/mol. The summed E-state index contributed by atoms with van der Waals surface area (Å²) in [6.07, 6.45) is 2.99. The van der Waals surface area contributed by atoms with Crippen molar-refractivity contribution in [3.63, 3.8) is 0 Å². The number of piperazine rings is 1. The topological polar surface area (TPSA) is 61.4 Å². The zero-order valence-electron chi connectivity index (χ0n) is 13.9. The van der Waals surface area contributed by atoms with Crippen LogP contribution < -0.4 is 5.32 Å². The Labute approximate surface area is 150 Å². The van der Waals surface area contributed by atoms with Crippen LogP contribution in [0.4, 0.5) is 16.0 Å². The summed E-state index contributed by atoms with van der Waals surface area (Å²) in [4.78, 5) is 24.9. The summed E-state index contributed by atoms with van der Waals surface area (Å²) in [5.74, 6) is -0.237. The number of hydrogen-bond donors (Lipinski definition) is 1. The lowest BCUT2D eigenvalue weighted by molar-refractivity contribution is 0.0642. The van der Waals surface area contributed by atoms with E-state index < -0.39 is 5.82 Å². The molecular weight excluding hydrogens is 345 g/mol. The van der Waals surface area contributed by atoms with Crippen LogP contribution in [-0.2, 0) is 0 Å². The fourth-order valence-electron chi connectivity index (χ4n) is 2.66. The highest BCUT2D eigenvalue weighted by Gasteiger charge is 2.21. The number of hydrogen-bond acceptors (Lipinski definition) is 5. The van der Waals surface area contributed by atoms with E-state index in [-0.39, 0.29) is 10.9 Å². The third-order valence-corrected chi connectivity index (χ3v) is 4.47. The molecule has 8 heteroatoms. The first-order chi connectivity index (χ1) is 12.1. The van der Waals surface area contributed by atoms with E-state index >= 15 is 0 Å². The zero-order valence-corrected chi connectivity index (χ0v) is 14.6. The van der Waals surface area contributed by atoms with Gasteiger partial charge in [-0.25, -0.2) is 14.4 Å². The van der Waals surface area contributed by atoms with Crippen LogP contribution in [0.2, 0.25) is 5.02 Å². The first-order valence-corrected chi connectivity index (χ1v) is 8.50. The molecule has 0 spiro atoms. The van der Waals surface area contributed by atoms with Gasteiger partial charge >= 0.3 is 0 Å². The maximum atomic E-state index is 13.2. The molecule has 1 aliphatic rings. The highest BCUT2D eigenvalue weighted by molar-refractivity contribution is 6.31. The first-order valence-electron chi connectivity index (χ1n) is 8.12. The molecule has 25 heavy (non-hydrogen) atoms. The van der Waals surface area contributed by atoms with E-state index in [1.165, 1.54) is 30.6 Å². The van der Waals surface area contributed by atoms with Gasteiger partial charge in [0, 0.05) is 44.3 Å². The minimum atomic E-state index is -0.489. The molecule has 1 fully saturated rings. The average Bonchev–Trinajstić information content (AvgIpc) is 2.65. The van der Waals surface area contributed by atoms with E-state index in [0.717, 1.165) is 19.6 Å². The Morgan fingerprint density at radius 1 is 1.24 bits per heavy atom. The first kappa shape index (κ1) is 17.6. The van der Waals surface area contributed by atoms with Gasteiger partial charge in [0.15, 0.2) is 0 Å². The number of rotatable bonds is 4. The SMILES string of the molecule is CCN1CCN(C(=O)c2cnc(Nc3ccc(F)c(Cl)c3)nc2)CC1. The summed E-state index contributed by atoms with van der Waals surface area (Å²) in [5.41, 5.74) is 1.02. The van der Waals surface area contributed by atoms with Crippen LogP contribution in [0.1, 0.15) is 17.3 Å². The Morgan fingerprint density at radius 2 is 1.92 bits per heavy atom. The number of aromatic nitrogens is 2. The van der Waals surface area contributed by atoms with Gasteiger partial charge in [-0.1, -0.05) is 18.5 Å². The van der Waals surface area contributed by atoms with Gasteiger partial charge in [0.2, 0.25) is 5.95 Å². The van der Waals surface area contributed by atoms with E-state index in [9.17, 15) is 9.18 Å². The van der Waals surface area contributed by atoms with Gasteiger partial charge in [-0.15, -0.1) is 0 Å². The minimum Gasteiger partial charge on any atom is -0.336 e. The Kier molecular flexibility index (Phi) is 5.45. The van der Waals surface area contributed by atoms with Gasteiger partial charge in [0.1, 0.15) is 5.82 Å². The third kappa shape index (κ3) is 4.24. The lowest BCUT2D eigenvalue weighted by atomic mass is 10.2. The summed E-state index contributed by atoms with van der Waals surface area (Å²) in [7, 11) is 0. The number of likely N-dealkylation sites (N-methyl/N-ethyl adjacent to an activating group) is 1. The molecule has 1 saturated heterocycles. The summed E-state index contributed by atoms with van der Waals surface area (Å²) < 4.78 is 13.2. The Morgan fingerprint density at radius 3 is 2.52 bits per heavy atom. The van der Waals surface area contributed by atoms with E-state index in [4.69, 9.17) is 11.6 Å². The van der Waals surface area contributed by atoms with Gasteiger partial charge < -0.3 is 15.1 Å². The fraction of sp³-hybridized carbons (Fsp3) is 0.353.